The topological polar surface area (TPSA) is 38.2 Å². The molecule has 1 aliphatic heterocycles. The maximum absolute atomic E-state index is 14.7. The summed E-state index contributed by atoms with van der Waals surface area (Å²) in [6, 6.07) is 3.62. The minimum Gasteiger partial charge on any atom is -0.378 e. The molecule has 0 radical (unpaired) electrons. The summed E-state index contributed by atoms with van der Waals surface area (Å²) in [4.78, 5) is 10.2. The largest absolute Gasteiger partial charge is 0.378 e. The molecule has 1 saturated heterocycles. The molecule has 4 nitrogen and oxygen atoms in total. The number of morpholine rings is 1. The van der Waals surface area contributed by atoms with E-state index in [4.69, 9.17) is 4.74 Å². The predicted octanol–water partition coefficient (Wildman–Crippen LogP) is 3.45. The van der Waals surface area contributed by atoms with Gasteiger partial charge in [0.05, 0.1) is 13.2 Å². The number of hydrogen-bond acceptors (Lipinski definition) is 4. The number of aryl methyl sites for hydroxylation is 1. The molecule has 1 aliphatic rings. The Morgan fingerprint density at radius 3 is 2.59 bits per heavy atom. The fourth-order valence-electron chi connectivity index (χ4n) is 2.35. The molecule has 0 atom stereocenters. The van der Waals surface area contributed by atoms with Gasteiger partial charge in [-0.2, -0.15) is 0 Å². The van der Waals surface area contributed by atoms with E-state index in [1.165, 1.54) is 0 Å². The Morgan fingerprint density at radius 2 is 1.91 bits per heavy atom. The van der Waals surface area contributed by atoms with Gasteiger partial charge in [-0.3, -0.25) is 4.98 Å². The molecule has 3 heterocycles. The van der Waals surface area contributed by atoms with Crippen LogP contribution < -0.4 is 4.90 Å². The van der Waals surface area contributed by atoms with Gasteiger partial charge in [-0.1, -0.05) is 13.8 Å². The summed E-state index contributed by atoms with van der Waals surface area (Å²) < 4.78 is 20.0. The van der Waals surface area contributed by atoms with E-state index in [0.717, 1.165) is 11.1 Å². The molecule has 0 spiro atoms. The minimum absolute atomic E-state index is 0.290. The third-order valence-electron chi connectivity index (χ3n) is 3.37. The summed E-state index contributed by atoms with van der Waals surface area (Å²) in [6.07, 6.45) is 5.07. The monoisotopic (exact) mass is 303 g/mol. The number of rotatable bonds is 2. The van der Waals surface area contributed by atoms with Crippen LogP contribution in [-0.4, -0.2) is 36.3 Å². The fourth-order valence-corrected chi connectivity index (χ4v) is 2.35. The smallest absolute Gasteiger partial charge is 0.173 e. The van der Waals surface area contributed by atoms with Crippen molar-refractivity contribution in [2.75, 3.05) is 31.2 Å². The van der Waals surface area contributed by atoms with Crippen LogP contribution in [0.5, 0.6) is 0 Å². The highest BCUT2D eigenvalue weighted by Gasteiger charge is 2.19. The lowest BCUT2D eigenvalue weighted by Gasteiger charge is -2.28. The Labute approximate surface area is 131 Å². The van der Waals surface area contributed by atoms with E-state index >= 15 is 0 Å². The van der Waals surface area contributed by atoms with Gasteiger partial charge in [-0.05, 0) is 24.6 Å². The van der Waals surface area contributed by atoms with Crippen molar-refractivity contribution in [2.24, 2.45) is 0 Å². The summed E-state index contributed by atoms with van der Waals surface area (Å²) >= 11 is 0. The van der Waals surface area contributed by atoms with Gasteiger partial charge in [-0.15, -0.1) is 0 Å². The van der Waals surface area contributed by atoms with Gasteiger partial charge < -0.3 is 9.64 Å². The maximum Gasteiger partial charge on any atom is 0.173 e. The normalized spacial score (nSPS) is 14.3. The van der Waals surface area contributed by atoms with Crippen LogP contribution in [-0.2, 0) is 4.74 Å². The number of ether oxygens (including phenoxy) is 1. The first-order chi connectivity index (χ1) is 10.8. The van der Waals surface area contributed by atoms with Crippen LogP contribution in [0.3, 0.4) is 0 Å². The van der Waals surface area contributed by atoms with Gasteiger partial charge >= 0.3 is 0 Å². The first kappa shape index (κ1) is 16.4. The molecule has 0 saturated carbocycles. The van der Waals surface area contributed by atoms with Crippen LogP contribution in [0.25, 0.3) is 11.1 Å². The average Bonchev–Trinajstić information content (AvgIpc) is 2.58. The lowest BCUT2D eigenvalue weighted by Crippen LogP contribution is -2.37. The Hall–Kier alpha value is -2.01. The highest BCUT2D eigenvalue weighted by molar-refractivity contribution is 5.67. The Morgan fingerprint density at radius 1 is 1.18 bits per heavy atom. The van der Waals surface area contributed by atoms with E-state index in [1.54, 1.807) is 24.7 Å². The number of aromatic nitrogens is 2. The molecule has 2 aromatic heterocycles. The Bertz CT molecular complexity index is 613. The second-order valence-corrected chi connectivity index (χ2v) is 4.85. The van der Waals surface area contributed by atoms with E-state index in [0.29, 0.717) is 37.7 Å². The van der Waals surface area contributed by atoms with E-state index < -0.39 is 0 Å². The zero-order valence-electron chi connectivity index (χ0n) is 13.3. The zero-order chi connectivity index (χ0) is 15.9. The predicted molar refractivity (Wildman–Crippen MR) is 86.5 cm³/mol. The third kappa shape index (κ3) is 3.60. The second-order valence-electron chi connectivity index (χ2n) is 4.85. The number of pyridine rings is 2. The number of nitrogens with zero attached hydrogens (tertiary/aromatic N) is 3. The fraction of sp³-hybridized carbons (Fsp3) is 0.412. The molecule has 0 aromatic carbocycles. The van der Waals surface area contributed by atoms with Crippen LogP contribution in [0.4, 0.5) is 10.2 Å². The summed E-state index contributed by atoms with van der Waals surface area (Å²) in [5, 5.41) is 0. The van der Waals surface area contributed by atoms with Gasteiger partial charge in [0.15, 0.2) is 11.6 Å². The molecule has 5 heteroatoms. The van der Waals surface area contributed by atoms with Gasteiger partial charge in [0, 0.05) is 42.8 Å². The van der Waals surface area contributed by atoms with Crippen molar-refractivity contribution in [3.8, 4) is 11.1 Å². The standard InChI is InChI=1S/C15H16FN3O.C2H6/c1-11-8-12(10-17-9-11)13-2-3-18-15(14(13)16)19-4-6-20-7-5-19;1-2/h2-3,8-10H,4-7H2,1H3;1-2H3. The van der Waals surface area contributed by atoms with Crippen molar-refractivity contribution in [2.45, 2.75) is 20.8 Å². The molecule has 0 bridgehead atoms. The van der Waals surface area contributed by atoms with Gasteiger partial charge in [0.25, 0.3) is 0 Å². The van der Waals surface area contributed by atoms with E-state index in [2.05, 4.69) is 9.97 Å². The van der Waals surface area contributed by atoms with Gasteiger partial charge in [0.1, 0.15) is 0 Å². The third-order valence-corrected chi connectivity index (χ3v) is 3.37. The lowest BCUT2D eigenvalue weighted by molar-refractivity contribution is 0.122. The van der Waals surface area contributed by atoms with Gasteiger partial charge in [0.2, 0.25) is 0 Å². The number of hydrogen-bond donors (Lipinski definition) is 0. The van der Waals surface area contributed by atoms with Crippen LogP contribution >= 0.6 is 0 Å². The number of anilines is 1. The quantitative estimate of drug-likeness (QED) is 0.851. The summed E-state index contributed by atoms with van der Waals surface area (Å²) in [7, 11) is 0. The Kier molecular flexibility index (Phi) is 5.83. The first-order valence-corrected chi connectivity index (χ1v) is 7.65. The maximum atomic E-state index is 14.7. The molecule has 0 N–H and O–H groups in total. The molecule has 22 heavy (non-hydrogen) atoms. The Balaban J connectivity index is 0.000000847. The summed E-state index contributed by atoms with van der Waals surface area (Å²) in [5.41, 5.74) is 2.32. The summed E-state index contributed by atoms with van der Waals surface area (Å²) in [5.74, 6) is 0.106. The lowest BCUT2D eigenvalue weighted by atomic mass is 10.1. The molecule has 118 valence electrons. The highest BCUT2D eigenvalue weighted by Crippen LogP contribution is 2.28. The van der Waals surface area contributed by atoms with Crippen LogP contribution in [0.1, 0.15) is 19.4 Å². The van der Waals surface area contributed by atoms with Gasteiger partial charge in [-0.25, -0.2) is 9.37 Å². The number of halogens is 1. The van der Waals surface area contributed by atoms with Crippen molar-refractivity contribution in [3.05, 3.63) is 42.1 Å². The molecular weight excluding hydrogens is 281 g/mol. The molecule has 1 fully saturated rings. The van der Waals surface area contributed by atoms with E-state index in [-0.39, 0.29) is 5.82 Å². The molecule has 0 amide bonds. The molecule has 0 aliphatic carbocycles. The molecule has 0 unspecified atom stereocenters. The molecular formula is C17H22FN3O. The summed E-state index contributed by atoms with van der Waals surface area (Å²) in [6.45, 7) is 8.49. The van der Waals surface area contributed by atoms with Crippen molar-refractivity contribution < 1.29 is 9.13 Å². The van der Waals surface area contributed by atoms with E-state index in [9.17, 15) is 4.39 Å². The highest BCUT2D eigenvalue weighted by atomic mass is 19.1. The minimum atomic E-state index is -0.290. The first-order valence-electron chi connectivity index (χ1n) is 7.65. The van der Waals surface area contributed by atoms with Crippen molar-refractivity contribution in [1.29, 1.82) is 0 Å². The zero-order valence-corrected chi connectivity index (χ0v) is 13.3. The molecule has 2 aromatic rings. The van der Waals surface area contributed by atoms with Crippen LogP contribution in [0.2, 0.25) is 0 Å². The SMILES string of the molecule is CC.Cc1cncc(-c2ccnc(N3CCOCC3)c2F)c1. The van der Waals surface area contributed by atoms with E-state index in [1.807, 2.05) is 31.7 Å². The van der Waals surface area contributed by atoms with Crippen molar-refractivity contribution in [3.63, 3.8) is 0 Å². The average molecular weight is 303 g/mol. The van der Waals surface area contributed by atoms with Crippen LogP contribution in [0.15, 0.2) is 30.7 Å². The van der Waals surface area contributed by atoms with Crippen LogP contribution in [0, 0.1) is 12.7 Å². The van der Waals surface area contributed by atoms with Crippen molar-refractivity contribution >= 4 is 5.82 Å². The molecule has 3 rings (SSSR count). The second kappa shape index (κ2) is 7.84. The van der Waals surface area contributed by atoms with Crippen molar-refractivity contribution in [1.82, 2.24) is 9.97 Å².